The van der Waals surface area contributed by atoms with Crippen LogP contribution in [0.5, 0.6) is 0 Å². The SMILES string of the molecule is COCc1ccc(CNCCC(N)=O)cc1. The summed E-state index contributed by atoms with van der Waals surface area (Å²) in [5, 5.41) is 3.15. The number of nitrogens with one attached hydrogen (secondary N) is 1. The first kappa shape index (κ1) is 12.7. The second kappa shape index (κ2) is 6.98. The van der Waals surface area contributed by atoms with Gasteiger partial charge in [0.05, 0.1) is 6.61 Å². The van der Waals surface area contributed by atoms with Gasteiger partial charge in [-0.1, -0.05) is 24.3 Å². The number of carbonyl (C=O) groups is 1. The lowest BCUT2D eigenvalue weighted by atomic mass is 10.1. The Morgan fingerprint density at radius 1 is 1.31 bits per heavy atom. The molecule has 0 saturated heterocycles. The summed E-state index contributed by atoms with van der Waals surface area (Å²) in [6.45, 7) is 2.01. The van der Waals surface area contributed by atoms with Gasteiger partial charge < -0.3 is 15.8 Å². The van der Waals surface area contributed by atoms with E-state index in [9.17, 15) is 4.79 Å². The van der Waals surface area contributed by atoms with E-state index in [1.807, 2.05) is 24.3 Å². The third-order valence-corrected chi connectivity index (χ3v) is 2.21. The van der Waals surface area contributed by atoms with Gasteiger partial charge in [0.15, 0.2) is 0 Å². The number of nitrogens with two attached hydrogens (primary N) is 1. The standard InChI is InChI=1S/C12H18N2O2/c1-16-9-11-4-2-10(3-5-11)8-14-7-6-12(13)15/h2-5,14H,6-9H2,1H3,(H2,13,15). The highest BCUT2D eigenvalue weighted by atomic mass is 16.5. The molecule has 88 valence electrons. The summed E-state index contributed by atoms with van der Waals surface area (Å²) in [5.41, 5.74) is 7.37. The smallest absolute Gasteiger partial charge is 0.218 e. The third-order valence-electron chi connectivity index (χ3n) is 2.21. The first-order valence-electron chi connectivity index (χ1n) is 5.28. The topological polar surface area (TPSA) is 64.3 Å². The molecule has 0 saturated carbocycles. The van der Waals surface area contributed by atoms with Crippen molar-refractivity contribution < 1.29 is 9.53 Å². The molecule has 0 unspecified atom stereocenters. The van der Waals surface area contributed by atoms with Crippen LogP contribution in [0.25, 0.3) is 0 Å². The molecule has 0 radical (unpaired) electrons. The Labute approximate surface area is 95.8 Å². The number of ether oxygens (including phenoxy) is 1. The molecule has 0 heterocycles. The average Bonchev–Trinajstić information content (AvgIpc) is 2.27. The van der Waals surface area contributed by atoms with Crippen LogP contribution in [0.4, 0.5) is 0 Å². The molecular weight excluding hydrogens is 204 g/mol. The van der Waals surface area contributed by atoms with Crippen molar-refractivity contribution in [2.24, 2.45) is 5.73 Å². The molecule has 1 aromatic rings. The molecule has 0 bridgehead atoms. The zero-order valence-corrected chi connectivity index (χ0v) is 9.53. The highest BCUT2D eigenvalue weighted by Gasteiger charge is 1.96. The quantitative estimate of drug-likeness (QED) is 0.671. The fourth-order valence-corrected chi connectivity index (χ4v) is 1.36. The number of amides is 1. The molecule has 0 aliphatic carbocycles. The van der Waals surface area contributed by atoms with Crippen molar-refractivity contribution in [3.63, 3.8) is 0 Å². The van der Waals surface area contributed by atoms with Crippen LogP contribution in [0.1, 0.15) is 17.5 Å². The Kier molecular flexibility index (Phi) is 5.53. The Morgan fingerprint density at radius 2 is 1.94 bits per heavy atom. The molecule has 1 aromatic carbocycles. The summed E-state index contributed by atoms with van der Waals surface area (Å²) in [4.78, 5) is 10.5. The normalized spacial score (nSPS) is 10.3. The van der Waals surface area contributed by atoms with E-state index in [2.05, 4.69) is 5.32 Å². The average molecular weight is 222 g/mol. The van der Waals surface area contributed by atoms with Gasteiger partial charge in [0.25, 0.3) is 0 Å². The number of hydrogen-bond acceptors (Lipinski definition) is 3. The molecule has 4 nitrogen and oxygen atoms in total. The van der Waals surface area contributed by atoms with Crippen LogP contribution in [0.15, 0.2) is 24.3 Å². The molecule has 1 rings (SSSR count). The Bertz CT molecular complexity index is 322. The van der Waals surface area contributed by atoms with E-state index in [4.69, 9.17) is 10.5 Å². The van der Waals surface area contributed by atoms with Crippen LogP contribution in [-0.2, 0) is 22.7 Å². The van der Waals surface area contributed by atoms with E-state index >= 15 is 0 Å². The van der Waals surface area contributed by atoms with E-state index < -0.39 is 0 Å². The predicted molar refractivity (Wildman–Crippen MR) is 62.7 cm³/mol. The van der Waals surface area contributed by atoms with Crippen molar-refractivity contribution in [3.05, 3.63) is 35.4 Å². The van der Waals surface area contributed by atoms with Crippen molar-refractivity contribution in [2.45, 2.75) is 19.6 Å². The summed E-state index contributed by atoms with van der Waals surface area (Å²) in [5.74, 6) is -0.275. The lowest BCUT2D eigenvalue weighted by Gasteiger charge is -2.05. The number of benzene rings is 1. The molecule has 1 amide bonds. The summed E-state index contributed by atoms with van der Waals surface area (Å²) in [6.07, 6.45) is 0.377. The van der Waals surface area contributed by atoms with E-state index in [0.717, 1.165) is 12.1 Å². The maximum absolute atomic E-state index is 10.5. The van der Waals surface area contributed by atoms with Gasteiger partial charge in [-0.3, -0.25) is 4.79 Å². The van der Waals surface area contributed by atoms with Crippen molar-refractivity contribution in [3.8, 4) is 0 Å². The summed E-state index contributed by atoms with van der Waals surface area (Å²) >= 11 is 0. The third kappa shape index (κ3) is 4.91. The minimum Gasteiger partial charge on any atom is -0.380 e. The van der Waals surface area contributed by atoms with E-state index in [1.165, 1.54) is 5.56 Å². The van der Waals surface area contributed by atoms with Crippen molar-refractivity contribution in [2.75, 3.05) is 13.7 Å². The van der Waals surface area contributed by atoms with Gasteiger partial charge in [0, 0.05) is 26.6 Å². The number of hydrogen-bond donors (Lipinski definition) is 2. The van der Waals surface area contributed by atoms with Crippen molar-refractivity contribution >= 4 is 5.91 Å². The van der Waals surface area contributed by atoms with Gasteiger partial charge in [0.1, 0.15) is 0 Å². The molecule has 0 spiro atoms. The molecule has 0 fully saturated rings. The van der Waals surface area contributed by atoms with Crippen molar-refractivity contribution in [1.82, 2.24) is 5.32 Å². The van der Waals surface area contributed by atoms with Crippen LogP contribution in [0.2, 0.25) is 0 Å². The Hall–Kier alpha value is -1.39. The van der Waals surface area contributed by atoms with E-state index in [0.29, 0.717) is 19.6 Å². The number of primary amides is 1. The number of methoxy groups -OCH3 is 1. The second-order valence-corrected chi connectivity index (χ2v) is 3.64. The van der Waals surface area contributed by atoms with Crippen LogP contribution < -0.4 is 11.1 Å². The van der Waals surface area contributed by atoms with Crippen molar-refractivity contribution in [1.29, 1.82) is 0 Å². The molecule has 3 N–H and O–H groups in total. The van der Waals surface area contributed by atoms with Gasteiger partial charge >= 0.3 is 0 Å². The number of carbonyl (C=O) groups excluding carboxylic acids is 1. The van der Waals surface area contributed by atoms with Gasteiger partial charge in [-0.05, 0) is 11.1 Å². The molecule has 16 heavy (non-hydrogen) atoms. The van der Waals surface area contributed by atoms with E-state index in [1.54, 1.807) is 7.11 Å². The van der Waals surface area contributed by atoms with Gasteiger partial charge in [-0.25, -0.2) is 0 Å². The van der Waals surface area contributed by atoms with Crippen LogP contribution >= 0.6 is 0 Å². The number of rotatable bonds is 7. The Balaban J connectivity index is 2.29. The minimum absolute atomic E-state index is 0.275. The zero-order chi connectivity index (χ0) is 11.8. The maximum atomic E-state index is 10.5. The van der Waals surface area contributed by atoms with Gasteiger partial charge in [0.2, 0.25) is 5.91 Å². The van der Waals surface area contributed by atoms with Crippen LogP contribution in [0.3, 0.4) is 0 Å². The van der Waals surface area contributed by atoms with Crippen LogP contribution in [-0.4, -0.2) is 19.6 Å². The van der Waals surface area contributed by atoms with Gasteiger partial charge in [-0.2, -0.15) is 0 Å². The first-order chi connectivity index (χ1) is 7.72. The van der Waals surface area contributed by atoms with Gasteiger partial charge in [-0.15, -0.1) is 0 Å². The molecule has 0 aromatic heterocycles. The maximum Gasteiger partial charge on any atom is 0.218 e. The lowest BCUT2D eigenvalue weighted by Crippen LogP contribution is -2.21. The van der Waals surface area contributed by atoms with E-state index in [-0.39, 0.29) is 5.91 Å². The summed E-state index contributed by atoms with van der Waals surface area (Å²) in [6, 6.07) is 8.17. The molecule has 0 aliphatic rings. The van der Waals surface area contributed by atoms with Crippen LogP contribution in [0, 0.1) is 0 Å². The molecule has 4 heteroatoms. The molecule has 0 atom stereocenters. The Morgan fingerprint density at radius 3 is 2.50 bits per heavy atom. The summed E-state index contributed by atoms with van der Waals surface area (Å²) < 4.78 is 5.03. The predicted octanol–water partition coefficient (Wildman–Crippen LogP) is 0.798. The zero-order valence-electron chi connectivity index (χ0n) is 9.53. The fraction of sp³-hybridized carbons (Fsp3) is 0.417. The highest BCUT2D eigenvalue weighted by Crippen LogP contribution is 2.05. The highest BCUT2D eigenvalue weighted by molar-refractivity contribution is 5.73. The molecule has 0 aliphatic heterocycles. The monoisotopic (exact) mass is 222 g/mol. The lowest BCUT2D eigenvalue weighted by molar-refractivity contribution is -0.117. The summed E-state index contributed by atoms with van der Waals surface area (Å²) in [7, 11) is 1.68. The fourth-order valence-electron chi connectivity index (χ4n) is 1.36. The molecular formula is C12H18N2O2. The second-order valence-electron chi connectivity index (χ2n) is 3.64. The first-order valence-corrected chi connectivity index (χ1v) is 5.28. The largest absolute Gasteiger partial charge is 0.380 e. The minimum atomic E-state index is -0.275.